The second kappa shape index (κ2) is 3.12. The number of hydrogen-bond acceptors (Lipinski definition) is 0. The summed E-state index contributed by atoms with van der Waals surface area (Å²) in [6, 6.07) is 8.92. The molecule has 2 atom stereocenters. The highest BCUT2D eigenvalue weighted by Crippen LogP contribution is 2.64. The molecule has 0 heterocycles. The fraction of sp³-hybridized carbons (Fsp3) is 0.571. The summed E-state index contributed by atoms with van der Waals surface area (Å²) >= 11 is 0. The van der Waals surface area contributed by atoms with Gasteiger partial charge >= 0.3 is 0 Å². The van der Waals surface area contributed by atoms with Crippen molar-refractivity contribution in [2.24, 2.45) is 11.3 Å². The maximum atomic E-state index is 2.38. The molecule has 2 rings (SSSR count). The monoisotopic (exact) mass is 188 g/mol. The minimum atomic E-state index is 0.519. The fourth-order valence-corrected chi connectivity index (χ4v) is 2.72. The van der Waals surface area contributed by atoms with E-state index in [0.29, 0.717) is 5.41 Å². The first kappa shape index (κ1) is 9.76. The molecule has 0 amide bonds. The lowest BCUT2D eigenvalue weighted by atomic mass is 9.97. The van der Waals surface area contributed by atoms with Crippen molar-refractivity contribution < 1.29 is 0 Å². The Bertz CT molecular complexity index is 336. The van der Waals surface area contributed by atoms with Crippen molar-refractivity contribution in [2.75, 3.05) is 0 Å². The molecule has 1 unspecified atom stereocenters. The van der Waals surface area contributed by atoms with Crippen molar-refractivity contribution >= 4 is 0 Å². The van der Waals surface area contributed by atoms with Gasteiger partial charge in [0.05, 0.1) is 0 Å². The molecule has 1 aromatic rings. The molecule has 14 heavy (non-hydrogen) atoms. The van der Waals surface area contributed by atoms with E-state index in [1.54, 1.807) is 5.56 Å². The maximum absolute atomic E-state index is 2.38. The van der Waals surface area contributed by atoms with Gasteiger partial charge in [0, 0.05) is 0 Å². The van der Waals surface area contributed by atoms with Crippen molar-refractivity contribution in [1.29, 1.82) is 0 Å². The smallest absolute Gasteiger partial charge is 0.00741 e. The minimum Gasteiger partial charge on any atom is -0.0620 e. The van der Waals surface area contributed by atoms with Gasteiger partial charge < -0.3 is 0 Å². The Labute approximate surface area is 87.3 Å². The van der Waals surface area contributed by atoms with E-state index in [1.807, 2.05) is 0 Å². The van der Waals surface area contributed by atoms with Gasteiger partial charge in [-0.25, -0.2) is 0 Å². The van der Waals surface area contributed by atoms with Gasteiger partial charge in [-0.3, -0.25) is 0 Å². The Kier molecular flexibility index (Phi) is 2.17. The predicted molar refractivity (Wildman–Crippen MR) is 61.5 cm³/mol. The van der Waals surface area contributed by atoms with Crippen molar-refractivity contribution in [3.8, 4) is 0 Å². The highest BCUT2D eigenvalue weighted by Gasteiger charge is 2.55. The van der Waals surface area contributed by atoms with E-state index in [2.05, 4.69) is 52.0 Å². The molecule has 1 aliphatic carbocycles. The second-order valence-electron chi connectivity index (χ2n) is 5.14. The van der Waals surface area contributed by atoms with Gasteiger partial charge in [-0.2, -0.15) is 0 Å². The number of aryl methyl sites for hydroxylation is 1. The van der Waals surface area contributed by atoms with Crippen LogP contribution in [0.25, 0.3) is 0 Å². The largest absolute Gasteiger partial charge is 0.0620 e. The van der Waals surface area contributed by atoms with Gasteiger partial charge in [-0.1, -0.05) is 52.0 Å². The third-order valence-corrected chi connectivity index (χ3v) is 4.14. The molecule has 0 radical (unpaired) electrons. The molecule has 0 spiro atoms. The van der Waals surface area contributed by atoms with Crippen LogP contribution in [0.4, 0.5) is 0 Å². The van der Waals surface area contributed by atoms with Gasteiger partial charge in [0.15, 0.2) is 0 Å². The quantitative estimate of drug-likeness (QED) is 0.658. The van der Waals surface area contributed by atoms with Crippen LogP contribution < -0.4 is 0 Å². The van der Waals surface area contributed by atoms with Gasteiger partial charge in [-0.05, 0) is 34.8 Å². The summed E-state index contributed by atoms with van der Waals surface area (Å²) in [5.41, 5.74) is 3.65. The Balaban J connectivity index is 2.34. The van der Waals surface area contributed by atoms with E-state index in [0.717, 1.165) is 18.3 Å². The van der Waals surface area contributed by atoms with Crippen LogP contribution in [0, 0.1) is 11.3 Å². The van der Waals surface area contributed by atoms with Crippen LogP contribution in [-0.2, 0) is 6.42 Å². The van der Waals surface area contributed by atoms with E-state index in [9.17, 15) is 0 Å². The first-order valence-corrected chi connectivity index (χ1v) is 5.66. The molecule has 0 N–H and O–H groups in total. The minimum absolute atomic E-state index is 0.519. The normalized spacial score (nSPS) is 28.9. The lowest BCUT2D eigenvalue weighted by Crippen LogP contribution is -1.94. The lowest BCUT2D eigenvalue weighted by Gasteiger charge is -2.08. The van der Waals surface area contributed by atoms with Gasteiger partial charge in [0.25, 0.3) is 0 Å². The summed E-state index contributed by atoms with van der Waals surface area (Å²) in [5.74, 6) is 1.63. The van der Waals surface area contributed by atoms with Crippen LogP contribution in [0.5, 0.6) is 0 Å². The zero-order valence-corrected chi connectivity index (χ0v) is 9.67. The summed E-state index contributed by atoms with van der Waals surface area (Å²) in [6.45, 7) is 9.39. The van der Waals surface area contributed by atoms with Crippen LogP contribution in [0.3, 0.4) is 0 Å². The van der Waals surface area contributed by atoms with Crippen LogP contribution in [0.1, 0.15) is 44.7 Å². The van der Waals surface area contributed by atoms with E-state index in [1.165, 1.54) is 5.56 Å². The standard InChI is InChI=1S/C14H20/c1-5-11-8-6-7-9-12(11)13-10(2)14(13,3)4/h6-10,13H,5H2,1-4H3/t10?,13-/m0/s1. The van der Waals surface area contributed by atoms with Gasteiger partial charge in [0.1, 0.15) is 0 Å². The van der Waals surface area contributed by atoms with Crippen molar-refractivity contribution in [2.45, 2.75) is 40.0 Å². The number of benzene rings is 1. The predicted octanol–water partition coefficient (Wildman–Crippen LogP) is 4.01. The molecule has 0 heteroatoms. The van der Waals surface area contributed by atoms with E-state index in [-0.39, 0.29) is 0 Å². The third kappa shape index (κ3) is 1.28. The molecule has 1 saturated carbocycles. The molecule has 76 valence electrons. The average Bonchev–Trinajstić information content (AvgIpc) is 2.66. The van der Waals surface area contributed by atoms with Gasteiger partial charge in [-0.15, -0.1) is 0 Å². The summed E-state index contributed by atoms with van der Waals surface area (Å²) in [6.07, 6.45) is 1.16. The Morgan fingerprint density at radius 1 is 1.21 bits per heavy atom. The first-order chi connectivity index (χ1) is 6.59. The molecule has 1 fully saturated rings. The molecule has 0 aromatic heterocycles. The van der Waals surface area contributed by atoms with E-state index < -0.39 is 0 Å². The van der Waals surface area contributed by atoms with E-state index >= 15 is 0 Å². The summed E-state index contributed by atoms with van der Waals surface area (Å²) in [7, 11) is 0. The molecule has 1 aliphatic rings. The zero-order valence-electron chi connectivity index (χ0n) is 9.67. The fourth-order valence-electron chi connectivity index (χ4n) is 2.72. The second-order valence-corrected chi connectivity index (χ2v) is 5.14. The first-order valence-electron chi connectivity index (χ1n) is 5.66. The molecule has 0 bridgehead atoms. The Hall–Kier alpha value is -0.780. The number of rotatable bonds is 2. The molecule has 1 aromatic carbocycles. The molecule has 0 aliphatic heterocycles. The van der Waals surface area contributed by atoms with Crippen LogP contribution in [0.2, 0.25) is 0 Å². The molecule has 0 saturated heterocycles. The SMILES string of the molecule is CCc1ccccc1[C@@H]1C(C)C1(C)C. The third-order valence-electron chi connectivity index (χ3n) is 4.14. The van der Waals surface area contributed by atoms with Crippen molar-refractivity contribution in [3.63, 3.8) is 0 Å². The average molecular weight is 188 g/mol. The molecular weight excluding hydrogens is 168 g/mol. The molecular formula is C14H20. The highest BCUT2D eigenvalue weighted by molar-refractivity contribution is 5.37. The number of hydrogen-bond donors (Lipinski definition) is 0. The van der Waals surface area contributed by atoms with E-state index in [4.69, 9.17) is 0 Å². The van der Waals surface area contributed by atoms with Crippen LogP contribution in [-0.4, -0.2) is 0 Å². The summed E-state index contributed by atoms with van der Waals surface area (Å²) in [4.78, 5) is 0. The van der Waals surface area contributed by atoms with Crippen molar-refractivity contribution in [1.82, 2.24) is 0 Å². The van der Waals surface area contributed by atoms with Crippen LogP contribution in [0.15, 0.2) is 24.3 Å². The summed E-state index contributed by atoms with van der Waals surface area (Å²) < 4.78 is 0. The highest BCUT2D eigenvalue weighted by atomic mass is 14.6. The Morgan fingerprint density at radius 2 is 1.79 bits per heavy atom. The lowest BCUT2D eigenvalue weighted by molar-refractivity contribution is 0.574. The van der Waals surface area contributed by atoms with Crippen molar-refractivity contribution in [3.05, 3.63) is 35.4 Å². The van der Waals surface area contributed by atoms with Gasteiger partial charge in [0.2, 0.25) is 0 Å². The Morgan fingerprint density at radius 3 is 2.29 bits per heavy atom. The topological polar surface area (TPSA) is 0 Å². The maximum Gasteiger partial charge on any atom is -0.00741 e. The zero-order chi connectivity index (χ0) is 10.3. The molecule has 0 nitrogen and oxygen atoms in total. The van der Waals surface area contributed by atoms with Crippen LogP contribution >= 0.6 is 0 Å². The summed E-state index contributed by atoms with van der Waals surface area (Å²) in [5, 5.41) is 0.